The molecule has 1 aliphatic carbocycles. The average molecular weight is 239 g/mol. The molecule has 3 rings (SSSR count). The van der Waals surface area contributed by atoms with Crippen molar-refractivity contribution >= 4 is 5.82 Å². The molecular formula is C11H14FN3O2. The van der Waals surface area contributed by atoms with Gasteiger partial charge in [0.15, 0.2) is 5.82 Å². The van der Waals surface area contributed by atoms with E-state index in [1.165, 1.54) is 0 Å². The fourth-order valence-corrected chi connectivity index (χ4v) is 2.00. The van der Waals surface area contributed by atoms with E-state index in [1.807, 2.05) is 0 Å². The van der Waals surface area contributed by atoms with Crippen molar-refractivity contribution in [2.24, 2.45) is 0 Å². The molecule has 1 aliphatic heterocycles. The lowest BCUT2D eigenvalue weighted by molar-refractivity contribution is 0.173. The summed E-state index contributed by atoms with van der Waals surface area (Å²) in [5, 5.41) is 2.84. The van der Waals surface area contributed by atoms with Gasteiger partial charge < -0.3 is 14.6 Å². The number of alkyl halides is 1. The smallest absolute Gasteiger partial charge is 0.293 e. The van der Waals surface area contributed by atoms with E-state index in [4.69, 9.17) is 4.74 Å². The minimum absolute atomic E-state index is 0.0846. The fourth-order valence-electron chi connectivity index (χ4n) is 2.00. The molecule has 1 aromatic rings. The summed E-state index contributed by atoms with van der Waals surface area (Å²) in [6.45, 7) is 0.363. The van der Waals surface area contributed by atoms with Gasteiger partial charge in [-0.15, -0.1) is 0 Å². The van der Waals surface area contributed by atoms with Gasteiger partial charge in [-0.05, 0) is 12.8 Å². The fraction of sp³-hybridized carbons (Fsp3) is 0.636. The van der Waals surface area contributed by atoms with Gasteiger partial charge in [0.1, 0.15) is 6.17 Å². The Hall–Kier alpha value is -1.43. The first-order chi connectivity index (χ1) is 8.25. The maximum absolute atomic E-state index is 13.4. The maximum Gasteiger partial charge on any atom is 0.293 e. The molecule has 2 heterocycles. The van der Waals surface area contributed by atoms with Gasteiger partial charge in [0.2, 0.25) is 0 Å². The number of hydrogen-bond donors (Lipinski definition) is 1. The van der Waals surface area contributed by atoms with Gasteiger partial charge in [-0.3, -0.25) is 4.79 Å². The number of nitrogens with zero attached hydrogens (tertiary/aromatic N) is 2. The highest BCUT2D eigenvalue weighted by Gasteiger charge is 2.30. The third-order valence-corrected chi connectivity index (χ3v) is 3.14. The Bertz CT molecular complexity index is 472. The number of hydrogen-bond acceptors (Lipinski definition) is 4. The molecule has 0 amide bonds. The minimum Gasteiger partial charge on any atom is -0.376 e. The molecule has 5 nitrogen and oxygen atoms in total. The third-order valence-electron chi connectivity index (χ3n) is 3.14. The van der Waals surface area contributed by atoms with Crippen LogP contribution in [0.1, 0.15) is 18.9 Å². The predicted octanol–water partition coefficient (Wildman–Crippen LogP) is 0.727. The largest absolute Gasteiger partial charge is 0.376 e. The summed E-state index contributed by atoms with van der Waals surface area (Å²) in [4.78, 5) is 16.0. The Labute approximate surface area is 97.6 Å². The second-order valence-electron chi connectivity index (χ2n) is 4.52. The van der Waals surface area contributed by atoms with Crippen LogP contribution in [0.15, 0.2) is 17.2 Å². The molecular weight excluding hydrogens is 225 g/mol. The molecule has 2 aliphatic rings. The Morgan fingerprint density at radius 2 is 2.29 bits per heavy atom. The first-order valence-electron chi connectivity index (χ1n) is 5.81. The van der Waals surface area contributed by atoms with Crippen molar-refractivity contribution in [3.05, 3.63) is 22.7 Å². The number of rotatable bonds is 3. The summed E-state index contributed by atoms with van der Waals surface area (Å²) in [6, 6.07) is -0.169. The summed E-state index contributed by atoms with van der Waals surface area (Å²) >= 11 is 0. The van der Waals surface area contributed by atoms with Crippen molar-refractivity contribution in [1.82, 2.24) is 9.55 Å². The van der Waals surface area contributed by atoms with Crippen LogP contribution in [0, 0.1) is 0 Å². The van der Waals surface area contributed by atoms with Crippen LogP contribution >= 0.6 is 0 Å². The van der Waals surface area contributed by atoms with E-state index in [0.717, 1.165) is 12.8 Å². The second kappa shape index (κ2) is 4.10. The molecule has 0 bridgehead atoms. The summed E-state index contributed by atoms with van der Waals surface area (Å²) < 4.78 is 20.0. The van der Waals surface area contributed by atoms with Gasteiger partial charge in [-0.1, -0.05) is 0 Å². The zero-order valence-corrected chi connectivity index (χ0v) is 9.30. The van der Waals surface area contributed by atoms with Gasteiger partial charge in [0.25, 0.3) is 5.56 Å². The summed E-state index contributed by atoms with van der Waals surface area (Å²) in [5.41, 5.74) is -0.172. The van der Waals surface area contributed by atoms with Crippen LogP contribution in [0.4, 0.5) is 10.2 Å². The number of halogens is 1. The SMILES string of the molecule is O=c1c(NC2COCC2F)nccn1C1CC1. The number of nitrogens with one attached hydrogen (secondary N) is 1. The Morgan fingerprint density at radius 3 is 2.94 bits per heavy atom. The van der Waals surface area contributed by atoms with Crippen molar-refractivity contribution in [3.8, 4) is 0 Å². The van der Waals surface area contributed by atoms with E-state index < -0.39 is 12.2 Å². The normalized spacial score (nSPS) is 28.3. The lowest BCUT2D eigenvalue weighted by atomic mass is 10.2. The highest BCUT2D eigenvalue weighted by molar-refractivity contribution is 5.33. The molecule has 17 heavy (non-hydrogen) atoms. The molecule has 2 unspecified atom stereocenters. The van der Waals surface area contributed by atoms with Crippen molar-refractivity contribution in [3.63, 3.8) is 0 Å². The van der Waals surface area contributed by atoms with Gasteiger partial charge >= 0.3 is 0 Å². The first-order valence-corrected chi connectivity index (χ1v) is 5.81. The Balaban J connectivity index is 1.82. The van der Waals surface area contributed by atoms with Gasteiger partial charge in [-0.2, -0.15) is 0 Å². The zero-order valence-electron chi connectivity index (χ0n) is 9.30. The molecule has 2 atom stereocenters. The molecule has 6 heteroatoms. The van der Waals surface area contributed by atoms with Crippen LogP contribution in [0.3, 0.4) is 0 Å². The van der Waals surface area contributed by atoms with E-state index in [0.29, 0.717) is 6.04 Å². The van der Waals surface area contributed by atoms with E-state index >= 15 is 0 Å². The monoisotopic (exact) mass is 239 g/mol. The Morgan fingerprint density at radius 1 is 1.47 bits per heavy atom. The van der Waals surface area contributed by atoms with Gasteiger partial charge in [0, 0.05) is 18.4 Å². The molecule has 92 valence electrons. The quantitative estimate of drug-likeness (QED) is 0.844. The highest BCUT2D eigenvalue weighted by atomic mass is 19.1. The van der Waals surface area contributed by atoms with Crippen molar-refractivity contribution in [2.75, 3.05) is 18.5 Å². The van der Waals surface area contributed by atoms with E-state index in [9.17, 15) is 9.18 Å². The standard InChI is InChI=1S/C11H14FN3O2/c12-8-5-17-6-9(8)14-10-11(16)15(4-3-13-10)7-1-2-7/h3-4,7-9H,1-2,5-6H2,(H,13,14). The number of anilines is 1. The molecule has 1 N–H and O–H groups in total. The van der Waals surface area contributed by atoms with Crippen LogP contribution in [0.25, 0.3) is 0 Å². The van der Waals surface area contributed by atoms with Crippen LogP contribution in [0.5, 0.6) is 0 Å². The molecule has 1 saturated heterocycles. The molecule has 0 radical (unpaired) electrons. The highest BCUT2D eigenvalue weighted by Crippen LogP contribution is 2.33. The van der Waals surface area contributed by atoms with Crippen molar-refractivity contribution in [2.45, 2.75) is 31.1 Å². The number of ether oxygens (including phenoxy) is 1. The number of aromatic nitrogens is 2. The first kappa shape index (κ1) is 10.7. The van der Waals surface area contributed by atoms with Crippen LogP contribution < -0.4 is 10.9 Å². The van der Waals surface area contributed by atoms with Crippen molar-refractivity contribution < 1.29 is 9.13 Å². The topological polar surface area (TPSA) is 56.1 Å². The van der Waals surface area contributed by atoms with Crippen molar-refractivity contribution in [1.29, 1.82) is 0 Å². The zero-order chi connectivity index (χ0) is 11.8. The molecule has 1 aromatic heterocycles. The Kier molecular flexibility index (Phi) is 2.58. The second-order valence-corrected chi connectivity index (χ2v) is 4.52. The van der Waals surface area contributed by atoms with Crippen LogP contribution in [-0.2, 0) is 4.74 Å². The maximum atomic E-state index is 13.4. The van der Waals surface area contributed by atoms with E-state index in [-0.39, 0.29) is 24.6 Å². The van der Waals surface area contributed by atoms with Gasteiger partial charge in [0.05, 0.1) is 19.3 Å². The summed E-state index contributed by atoms with van der Waals surface area (Å²) in [7, 11) is 0. The van der Waals surface area contributed by atoms with E-state index in [1.54, 1.807) is 17.0 Å². The average Bonchev–Trinajstić information content (AvgIpc) is 3.08. The summed E-state index contributed by atoms with van der Waals surface area (Å²) in [6.07, 6.45) is 4.24. The van der Waals surface area contributed by atoms with Gasteiger partial charge in [-0.25, -0.2) is 9.37 Å². The molecule has 0 aromatic carbocycles. The minimum atomic E-state index is -1.08. The predicted molar refractivity (Wildman–Crippen MR) is 59.9 cm³/mol. The lowest BCUT2D eigenvalue weighted by Gasteiger charge is -2.14. The van der Waals surface area contributed by atoms with Crippen LogP contribution in [-0.4, -0.2) is 35.0 Å². The van der Waals surface area contributed by atoms with Crippen LogP contribution in [0.2, 0.25) is 0 Å². The summed E-state index contributed by atoms with van der Waals surface area (Å²) in [5.74, 6) is 0.220. The van der Waals surface area contributed by atoms with E-state index in [2.05, 4.69) is 10.3 Å². The molecule has 2 fully saturated rings. The molecule has 0 spiro atoms. The lowest BCUT2D eigenvalue weighted by Crippen LogP contribution is -2.34. The molecule has 1 saturated carbocycles. The third kappa shape index (κ3) is 2.04.